The molecule has 0 aliphatic rings. The molecule has 3 aromatic heterocycles. The van der Waals surface area contributed by atoms with Gasteiger partial charge < -0.3 is 0 Å². The first-order chi connectivity index (χ1) is 24.2. The summed E-state index contributed by atoms with van der Waals surface area (Å²) in [6, 6.07) is 58.7. The van der Waals surface area contributed by atoms with Crippen LogP contribution in [-0.4, -0.2) is 0 Å². The van der Waals surface area contributed by atoms with Crippen molar-refractivity contribution >= 4 is 106 Å². The minimum Gasteiger partial charge on any atom is -0.135 e. The highest BCUT2D eigenvalue weighted by Crippen LogP contribution is 2.46. The van der Waals surface area contributed by atoms with Gasteiger partial charge in [0.05, 0.1) is 9.40 Å². The summed E-state index contributed by atoms with van der Waals surface area (Å²) in [7, 11) is 0. The van der Waals surface area contributed by atoms with Gasteiger partial charge in [-0.15, -0.1) is 34.0 Å². The first kappa shape index (κ1) is 27.6. The Labute approximate surface area is 294 Å². The maximum absolute atomic E-state index is 2.40. The van der Waals surface area contributed by atoms with Crippen LogP contribution in [0.3, 0.4) is 0 Å². The summed E-state index contributed by atoms with van der Waals surface area (Å²) < 4.78 is 6.91. The van der Waals surface area contributed by atoms with E-state index < -0.39 is 0 Å². The molecule has 0 aliphatic heterocycles. The van der Waals surface area contributed by atoms with Crippen molar-refractivity contribution in [1.29, 1.82) is 0 Å². The highest BCUT2D eigenvalue weighted by atomic mass is 32.1. The lowest BCUT2D eigenvalue weighted by Crippen LogP contribution is -1.82. The van der Waals surface area contributed by atoms with Crippen LogP contribution in [-0.2, 0) is 0 Å². The van der Waals surface area contributed by atoms with E-state index in [9.17, 15) is 0 Å². The van der Waals surface area contributed by atoms with Gasteiger partial charge >= 0.3 is 0 Å². The second kappa shape index (κ2) is 10.6. The molecule has 11 aromatic rings. The molecule has 0 saturated heterocycles. The second-order valence-electron chi connectivity index (χ2n) is 12.9. The maximum atomic E-state index is 2.40. The molecular weight excluding hydrogens is 649 g/mol. The van der Waals surface area contributed by atoms with Crippen LogP contribution in [0.25, 0.3) is 105 Å². The Kier molecular flexibility index (Phi) is 5.97. The van der Waals surface area contributed by atoms with Crippen LogP contribution >= 0.6 is 34.0 Å². The van der Waals surface area contributed by atoms with Gasteiger partial charge in [-0.2, -0.15) is 0 Å². The smallest absolute Gasteiger partial charge is 0.0542 e. The summed E-state index contributed by atoms with van der Waals surface area (Å²) in [5, 5.41) is 11.9. The zero-order chi connectivity index (χ0) is 32.1. The molecule has 0 spiro atoms. The summed E-state index contributed by atoms with van der Waals surface area (Å²) in [6.07, 6.45) is 0. The van der Waals surface area contributed by atoms with Crippen LogP contribution in [0, 0.1) is 0 Å². The van der Waals surface area contributed by atoms with Crippen LogP contribution < -0.4 is 0 Å². The monoisotopic (exact) mass is 674 g/mol. The molecule has 49 heavy (non-hydrogen) atoms. The average molecular weight is 675 g/mol. The van der Waals surface area contributed by atoms with E-state index in [0.29, 0.717) is 0 Å². The molecule has 0 aliphatic carbocycles. The van der Waals surface area contributed by atoms with Gasteiger partial charge in [-0.25, -0.2) is 0 Å². The lowest BCUT2D eigenvalue weighted by Gasteiger charge is -2.08. The minimum absolute atomic E-state index is 1.23. The summed E-state index contributed by atoms with van der Waals surface area (Å²) >= 11 is 5.74. The summed E-state index contributed by atoms with van der Waals surface area (Å²) in [5.41, 5.74) is 6.23. The van der Waals surface area contributed by atoms with E-state index in [1.807, 2.05) is 34.0 Å². The minimum atomic E-state index is 1.23. The number of thiophene rings is 3. The molecule has 0 fully saturated rings. The van der Waals surface area contributed by atoms with Crippen LogP contribution in [0.5, 0.6) is 0 Å². The van der Waals surface area contributed by atoms with Gasteiger partial charge in [0, 0.05) is 35.1 Å². The van der Waals surface area contributed by atoms with Gasteiger partial charge in [0.25, 0.3) is 0 Å². The highest BCUT2D eigenvalue weighted by molar-refractivity contribution is 7.36. The van der Waals surface area contributed by atoms with Crippen LogP contribution in [0.2, 0.25) is 0 Å². The van der Waals surface area contributed by atoms with E-state index in [-0.39, 0.29) is 0 Å². The molecule has 0 N–H and O–H groups in total. The van der Waals surface area contributed by atoms with E-state index in [4.69, 9.17) is 0 Å². The third kappa shape index (κ3) is 4.40. The van der Waals surface area contributed by atoms with Crippen LogP contribution in [0.1, 0.15) is 0 Å². The molecule has 228 valence electrons. The van der Waals surface area contributed by atoms with Crippen molar-refractivity contribution in [1.82, 2.24) is 0 Å². The highest BCUT2D eigenvalue weighted by Gasteiger charge is 2.15. The summed E-state index contributed by atoms with van der Waals surface area (Å²) in [5.74, 6) is 0. The number of fused-ring (bicyclic) bond motifs is 10. The topological polar surface area (TPSA) is 0 Å². The van der Waals surface area contributed by atoms with Crippen molar-refractivity contribution in [2.75, 3.05) is 0 Å². The Balaban J connectivity index is 0.900. The Morgan fingerprint density at radius 2 is 0.776 bits per heavy atom. The number of hydrogen-bond acceptors (Lipinski definition) is 3. The number of hydrogen-bond donors (Lipinski definition) is 0. The van der Waals surface area contributed by atoms with Crippen molar-refractivity contribution in [3.63, 3.8) is 0 Å². The molecule has 3 heterocycles. The maximum Gasteiger partial charge on any atom is 0.0542 e. The molecular formula is C46H26S3. The van der Waals surface area contributed by atoms with Gasteiger partial charge in [0.1, 0.15) is 0 Å². The zero-order valence-electron chi connectivity index (χ0n) is 26.2. The molecule has 0 saturated carbocycles. The third-order valence-electron chi connectivity index (χ3n) is 10.1. The van der Waals surface area contributed by atoms with Crippen LogP contribution in [0.4, 0.5) is 0 Å². The van der Waals surface area contributed by atoms with Gasteiger partial charge in [0.15, 0.2) is 0 Å². The summed E-state index contributed by atoms with van der Waals surface area (Å²) in [6.45, 7) is 0. The van der Waals surface area contributed by atoms with Crippen molar-refractivity contribution < 1.29 is 0 Å². The van der Waals surface area contributed by atoms with E-state index >= 15 is 0 Å². The van der Waals surface area contributed by atoms with Gasteiger partial charge in [-0.3, -0.25) is 0 Å². The predicted molar refractivity (Wildman–Crippen MR) is 219 cm³/mol. The molecule has 11 rings (SSSR count). The van der Waals surface area contributed by atoms with Crippen molar-refractivity contribution in [3.8, 4) is 32.7 Å². The SMILES string of the molecule is c1ccc2cc3c(cc2c1)sc1c2cc4ccc(-c5ccc(-c6ccc(-c7cc8c(ccc9ccccc98)s7)cc6)cc5)cc4cc2sc31. The Morgan fingerprint density at radius 1 is 0.265 bits per heavy atom. The molecule has 0 unspecified atom stereocenters. The first-order valence-electron chi connectivity index (χ1n) is 16.6. The Bertz CT molecular complexity index is 3080. The van der Waals surface area contributed by atoms with E-state index in [2.05, 4.69) is 158 Å². The molecule has 0 atom stereocenters. The Morgan fingerprint density at radius 3 is 1.47 bits per heavy atom. The molecule has 3 heteroatoms. The Hall–Kier alpha value is -5.32. The standard InChI is InChI=1S/C46H26S3/c1-2-7-33-24-43-39(22-32(33)6-1)45-46(48-43)40-23-35-18-17-34(21-36(35)25-44(40)49-45)29-11-9-27(10-12-29)28-13-15-31(16-14-28)42-26-38-37-8-4-3-5-30(37)19-20-41(38)47-42/h1-26H. The molecule has 0 radical (unpaired) electrons. The number of benzene rings is 8. The fourth-order valence-corrected chi connectivity index (χ4v) is 11.3. The summed E-state index contributed by atoms with van der Waals surface area (Å²) in [4.78, 5) is 1.31. The largest absolute Gasteiger partial charge is 0.135 e. The van der Waals surface area contributed by atoms with Crippen LogP contribution in [0.15, 0.2) is 158 Å². The molecule has 8 aromatic carbocycles. The fourth-order valence-electron chi connectivity index (χ4n) is 7.48. The van der Waals surface area contributed by atoms with E-state index in [1.54, 1.807) is 0 Å². The van der Waals surface area contributed by atoms with Gasteiger partial charge in [0.2, 0.25) is 0 Å². The van der Waals surface area contributed by atoms with E-state index in [1.165, 1.54) is 105 Å². The third-order valence-corrected chi connectivity index (χ3v) is 13.7. The van der Waals surface area contributed by atoms with Crippen molar-refractivity contribution in [2.24, 2.45) is 0 Å². The molecule has 0 nitrogen and oxygen atoms in total. The average Bonchev–Trinajstić information content (AvgIpc) is 3.85. The lowest BCUT2D eigenvalue weighted by atomic mass is 9.97. The quantitative estimate of drug-likeness (QED) is 0.175. The van der Waals surface area contributed by atoms with Gasteiger partial charge in [-0.05, 0) is 103 Å². The normalized spacial score (nSPS) is 12.1. The molecule has 0 amide bonds. The zero-order valence-corrected chi connectivity index (χ0v) is 28.7. The second-order valence-corrected chi connectivity index (χ2v) is 16.1. The van der Waals surface area contributed by atoms with Gasteiger partial charge in [-0.1, -0.05) is 115 Å². The number of rotatable bonds is 3. The lowest BCUT2D eigenvalue weighted by molar-refractivity contribution is 1.60. The fraction of sp³-hybridized carbons (Fsp3) is 0. The predicted octanol–water partition coefficient (Wildman–Crippen LogP) is 14.9. The van der Waals surface area contributed by atoms with Crippen molar-refractivity contribution in [2.45, 2.75) is 0 Å². The van der Waals surface area contributed by atoms with E-state index in [0.717, 1.165) is 0 Å². The first-order valence-corrected chi connectivity index (χ1v) is 19.0. The van der Waals surface area contributed by atoms with Crippen molar-refractivity contribution in [3.05, 3.63) is 158 Å². The molecule has 0 bridgehead atoms.